The highest BCUT2D eigenvalue weighted by molar-refractivity contribution is 8.15. The quantitative estimate of drug-likeness (QED) is 0.470. The van der Waals surface area contributed by atoms with E-state index in [0.29, 0.717) is 22.5 Å². The number of nitrogens with two attached hydrogens (primary N) is 1. The second-order valence-electron chi connectivity index (χ2n) is 5.25. The SMILES string of the molecule is COc1cc(F)cc2c(N3CC[SH](NC(N)O)CC3)ncnc12. The van der Waals surface area contributed by atoms with Gasteiger partial charge in [-0.05, 0) is 6.07 Å². The molecule has 1 unspecified atom stereocenters. The summed E-state index contributed by atoms with van der Waals surface area (Å²) in [6.07, 6.45) is 0.489. The molecule has 0 amide bonds. The predicted molar refractivity (Wildman–Crippen MR) is 90.3 cm³/mol. The Labute approximate surface area is 136 Å². The maximum Gasteiger partial charge on any atom is 0.165 e. The molecule has 9 heteroatoms. The minimum atomic E-state index is -0.981. The Morgan fingerprint density at radius 1 is 1.39 bits per heavy atom. The van der Waals surface area contributed by atoms with E-state index in [-0.39, 0.29) is 5.82 Å². The van der Waals surface area contributed by atoms with Gasteiger partial charge in [0.1, 0.15) is 29.2 Å². The molecule has 7 nitrogen and oxygen atoms in total. The first-order valence-electron chi connectivity index (χ1n) is 7.26. The standard InChI is InChI=1S/C14H20FN5O2S/c1-22-11-7-9(15)6-10-12(11)17-8-18-13(10)20-2-4-23(5-3-20)19-14(16)21/h6-8,14,19,21,23H,2-5,16H2,1H3. The monoisotopic (exact) mass is 341 g/mol. The first-order valence-corrected chi connectivity index (χ1v) is 8.97. The molecule has 4 N–H and O–H groups in total. The second-order valence-corrected chi connectivity index (χ2v) is 7.48. The van der Waals surface area contributed by atoms with Crippen molar-refractivity contribution in [3.63, 3.8) is 0 Å². The van der Waals surface area contributed by atoms with E-state index in [1.54, 1.807) is 0 Å². The van der Waals surface area contributed by atoms with E-state index in [4.69, 9.17) is 10.5 Å². The van der Waals surface area contributed by atoms with Gasteiger partial charge in [-0.3, -0.25) is 5.73 Å². The van der Waals surface area contributed by atoms with E-state index in [1.165, 1.54) is 25.6 Å². The zero-order valence-electron chi connectivity index (χ0n) is 12.7. The number of benzene rings is 1. The third-order valence-electron chi connectivity index (χ3n) is 3.76. The molecule has 1 aliphatic rings. The number of hydrogen-bond acceptors (Lipinski definition) is 7. The van der Waals surface area contributed by atoms with E-state index in [9.17, 15) is 9.50 Å². The molecule has 0 saturated carbocycles. The fourth-order valence-corrected chi connectivity index (χ4v) is 4.55. The number of ether oxygens (including phenoxy) is 1. The Hall–Kier alpha value is -1.68. The van der Waals surface area contributed by atoms with Gasteiger partial charge in [0, 0.05) is 36.0 Å². The molecule has 1 fully saturated rings. The lowest BCUT2D eigenvalue weighted by Gasteiger charge is -2.36. The van der Waals surface area contributed by atoms with Gasteiger partial charge in [-0.1, -0.05) is 0 Å². The number of nitrogens with one attached hydrogen (secondary N) is 1. The van der Waals surface area contributed by atoms with Crippen molar-refractivity contribution in [1.82, 2.24) is 14.7 Å². The molecular weight excluding hydrogens is 321 g/mol. The summed E-state index contributed by atoms with van der Waals surface area (Å²) in [6.45, 7) is 1.52. The molecular formula is C14H20FN5O2S. The molecule has 0 bridgehead atoms. The fourth-order valence-electron chi connectivity index (χ4n) is 2.73. The van der Waals surface area contributed by atoms with Gasteiger partial charge in [-0.15, -0.1) is 0 Å². The Morgan fingerprint density at radius 3 is 2.78 bits per heavy atom. The number of aliphatic hydroxyl groups excluding tert-OH is 1. The first-order chi connectivity index (χ1) is 11.1. The molecule has 1 aliphatic heterocycles. The van der Waals surface area contributed by atoms with Crippen LogP contribution in [0.4, 0.5) is 10.2 Å². The minimum Gasteiger partial charge on any atom is -0.494 e. The number of thiol groups is 1. The number of methoxy groups -OCH3 is 1. The normalized spacial score (nSPS) is 18.3. The van der Waals surface area contributed by atoms with Crippen LogP contribution in [-0.2, 0) is 0 Å². The van der Waals surface area contributed by atoms with E-state index in [0.717, 1.165) is 24.6 Å². The third-order valence-corrected chi connectivity index (χ3v) is 5.87. The number of rotatable bonds is 4. The van der Waals surface area contributed by atoms with Crippen molar-refractivity contribution < 1.29 is 14.2 Å². The second kappa shape index (κ2) is 6.83. The molecule has 1 atom stereocenters. The summed E-state index contributed by atoms with van der Waals surface area (Å²) in [4.78, 5) is 10.7. The number of hydrogen-bond donors (Lipinski definition) is 4. The van der Waals surface area contributed by atoms with Crippen molar-refractivity contribution in [2.45, 2.75) is 6.35 Å². The van der Waals surface area contributed by atoms with Crippen LogP contribution in [-0.4, -0.2) is 53.1 Å². The highest BCUT2D eigenvalue weighted by Crippen LogP contribution is 2.33. The average Bonchev–Trinajstić information content (AvgIpc) is 2.54. The highest BCUT2D eigenvalue weighted by atomic mass is 32.2. The zero-order valence-corrected chi connectivity index (χ0v) is 13.6. The Kier molecular flexibility index (Phi) is 4.81. The maximum absolute atomic E-state index is 13.8. The van der Waals surface area contributed by atoms with Crippen LogP contribution in [0, 0.1) is 5.82 Å². The summed E-state index contributed by atoms with van der Waals surface area (Å²) in [7, 11) is 1.49. The van der Waals surface area contributed by atoms with Crippen LogP contribution in [0.2, 0.25) is 0 Å². The van der Waals surface area contributed by atoms with Crippen molar-refractivity contribution in [2.75, 3.05) is 36.6 Å². The molecule has 3 rings (SSSR count). The lowest BCUT2D eigenvalue weighted by Crippen LogP contribution is -2.43. The molecule has 0 radical (unpaired) electrons. The number of aromatic nitrogens is 2. The Morgan fingerprint density at radius 2 is 2.13 bits per heavy atom. The maximum atomic E-state index is 13.8. The largest absolute Gasteiger partial charge is 0.494 e. The Bertz CT molecular complexity index is 694. The van der Waals surface area contributed by atoms with Gasteiger partial charge in [0.2, 0.25) is 0 Å². The predicted octanol–water partition coefficient (Wildman–Crippen LogP) is 0.338. The van der Waals surface area contributed by atoms with Gasteiger partial charge in [0.25, 0.3) is 0 Å². The molecule has 2 aromatic rings. The van der Waals surface area contributed by atoms with Gasteiger partial charge in [0.05, 0.1) is 7.11 Å². The number of halogens is 1. The number of aliphatic hydroxyl groups is 1. The van der Waals surface area contributed by atoms with Crippen LogP contribution in [0.25, 0.3) is 10.9 Å². The highest BCUT2D eigenvalue weighted by Gasteiger charge is 2.21. The van der Waals surface area contributed by atoms with Crippen molar-refractivity contribution in [2.24, 2.45) is 5.73 Å². The van der Waals surface area contributed by atoms with E-state index in [2.05, 4.69) is 19.6 Å². The summed E-state index contributed by atoms with van der Waals surface area (Å²) in [5.74, 6) is 2.48. The lowest BCUT2D eigenvalue weighted by molar-refractivity contribution is 0.174. The molecule has 23 heavy (non-hydrogen) atoms. The average molecular weight is 341 g/mol. The molecule has 1 aromatic carbocycles. The van der Waals surface area contributed by atoms with Gasteiger partial charge >= 0.3 is 0 Å². The fraction of sp³-hybridized carbons (Fsp3) is 0.429. The van der Waals surface area contributed by atoms with E-state index < -0.39 is 17.4 Å². The van der Waals surface area contributed by atoms with Crippen LogP contribution in [0.15, 0.2) is 18.5 Å². The number of anilines is 1. The van der Waals surface area contributed by atoms with Gasteiger partial charge in [0.15, 0.2) is 6.35 Å². The Balaban J connectivity index is 1.88. The van der Waals surface area contributed by atoms with E-state index >= 15 is 0 Å². The molecule has 1 aromatic heterocycles. The van der Waals surface area contributed by atoms with Crippen molar-refractivity contribution >= 4 is 27.8 Å². The smallest absolute Gasteiger partial charge is 0.165 e. The molecule has 2 heterocycles. The topological polar surface area (TPSA) is 96.5 Å². The number of nitrogens with zero attached hydrogens (tertiary/aromatic N) is 3. The van der Waals surface area contributed by atoms with Gasteiger partial charge < -0.3 is 14.7 Å². The van der Waals surface area contributed by atoms with E-state index in [1.807, 2.05) is 0 Å². The number of fused-ring (bicyclic) bond motifs is 1. The lowest BCUT2D eigenvalue weighted by atomic mass is 10.2. The van der Waals surface area contributed by atoms with Crippen LogP contribution in [0.5, 0.6) is 5.75 Å². The zero-order chi connectivity index (χ0) is 16.4. The van der Waals surface area contributed by atoms with Crippen molar-refractivity contribution in [1.29, 1.82) is 0 Å². The molecule has 126 valence electrons. The summed E-state index contributed by atoms with van der Waals surface area (Å²) in [5.41, 5.74) is 5.96. The van der Waals surface area contributed by atoms with Crippen LogP contribution >= 0.6 is 11.1 Å². The molecule has 1 saturated heterocycles. The van der Waals surface area contributed by atoms with Gasteiger partial charge in [-0.25, -0.2) is 19.1 Å². The van der Waals surface area contributed by atoms with Crippen LogP contribution < -0.4 is 20.1 Å². The first kappa shape index (κ1) is 16.2. The van der Waals surface area contributed by atoms with Gasteiger partial charge in [-0.2, -0.15) is 11.1 Å². The molecule has 0 aliphatic carbocycles. The summed E-state index contributed by atoms with van der Waals surface area (Å²) in [5, 5.41) is 9.85. The summed E-state index contributed by atoms with van der Waals surface area (Å²) in [6, 6.07) is 2.76. The summed E-state index contributed by atoms with van der Waals surface area (Å²) < 4.78 is 22.0. The van der Waals surface area contributed by atoms with Crippen molar-refractivity contribution in [3.05, 3.63) is 24.3 Å². The minimum absolute atomic E-state index is 0.377. The molecule has 0 spiro atoms. The van der Waals surface area contributed by atoms with Crippen LogP contribution in [0.3, 0.4) is 0 Å². The third kappa shape index (κ3) is 3.47. The van der Waals surface area contributed by atoms with Crippen molar-refractivity contribution in [3.8, 4) is 5.75 Å². The van der Waals surface area contributed by atoms with Crippen LogP contribution in [0.1, 0.15) is 0 Å². The summed E-state index contributed by atoms with van der Waals surface area (Å²) >= 11 is -0.496.